The van der Waals surface area contributed by atoms with Crippen LogP contribution in [0.5, 0.6) is 0 Å². The fourth-order valence-electron chi connectivity index (χ4n) is 2.17. The Bertz CT molecular complexity index is 394. The summed E-state index contributed by atoms with van der Waals surface area (Å²) in [5.74, 6) is -1.24. The summed E-state index contributed by atoms with van der Waals surface area (Å²) in [6.07, 6.45) is 1.80. The van der Waals surface area contributed by atoms with Gasteiger partial charge >= 0.3 is 5.97 Å². The van der Waals surface area contributed by atoms with E-state index < -0.39 is 21.5 Å². The van der Waals surface area contributed by atoms with Crippen molar-refractivity contribution in [3.8, 4) is 0 Å². The van der Waals surface area contributed by atoms with Crippen LogP contribution in [-0.4, -0.2) is 54.8 Å². The lowest BCUT2D eigenvalue weighted by Crippen LogP contribution is -2.58. The van der Waals surface area contributed by atoms with Gasteiger partial charge in [0.05, 0.1) is 12.4 Å². The number of aliphatic carboxylic acids is 1. The molecular formula is C11H21NO5S. The van der Waals surface area contributed by atoms with Crippen LogP contribution in [0.1, 0.15) is 33.1 Å². The number of piperidine rings is 1. The van der Waals surface area contributed by atoms with Crippen molar-refractivity contribution in [3.05, 3.63) is 0 Å². The molecule has 1 saturated heterocycles. The molecule has 1 aliphatic rings. The number of carboxylic acid groups (broad SMARTS) is 1. The Kier molecular flexibility index (Phi) is 5.12. The van der Waals surface area contributed by atoms with Crippen molar-refractivity contribution in [2.45, 2.75) is 38.6 Å². The lowest BCUT2D eigenvalue weighted by atomic mass is 9.91. The molecule has 1 atom stereocenters. The normalized spacial score (nSPS) is 26.1. The van der Waals surface area contributed by atoms with Crippen LogP contribution in [-0.2, 0) is 19.6 Å². The van der Waals surface area contributed by atoms with E-state index in [1.54, 1.807) is 6.92 Å². The molecule has 0 aromatic carbocycles. The van der Waals surface area contributed by atoms with Crippen LogP contribution < -0.4 is 0 Å². The maximum Gasteiger partial charge on any atom is 0.324 e. The van der Waals surface area contributed by atoms with Crippen LogP contribution >= 0.6 is 0 Å². The molecule has 7 heteroatoms. The molecule has 1 fully saturated rings. The molecule has 18 heavy (non-hydrogen) atoms. The van der Waals surface area contributed by atoms with Gasteiger partial charge in [-0.2, -0.15) is 4.31 Å². The molecule has 0 bridgehead atoms. The molecule has 0 radical (unpaired) electrons. The van der Waals surface area contributed by atoms with Crippen LogP contribution in [0.3, 0.4) is 0 Å². The molecule has 106 valence electrons. The van der Waals surface area contributed by atoms with Gasteiger partial charge in [-0.15, -0.1) is 0 Å². The van der Waals surface area contributed by atoms with Gasteiger partial charge in [-0.05, 0) is 33.1 Å². The van der Waals surface area contributed by atoms with Crippen molar-refractivity contribution in [2.24, 2.45) is 0 Å². The average Bonchev–Trinajstić information content (AvgIpc) is 2.29. The van der Waals surface area contributed by atoms with Crippen LogP contribution in [0.4, 0.5) is 0 Å². The minimum absolute atomic E-state index is 0.102. The monoisotopic (exact) mass is 279 g/mol. The number of hydrogen-bond acceptors (Lipinski definition) is 4. The predicted octanol–water partition coefficient (Wildman–Crippen LogP) is 0.682. The third-order valence-corrected chi connectivity index (χ3v) is 5.25. The summed E-state index contributed by atoms with van der Waals surface area (Å²) in [4.78, 5) is 11.3. The van der Waals surface area contributed by atoms with E-state index in [4.69, 9.17) is 4.74 Å². The second-order valence-electron chi connectivity index (χ2n) is 4.62. The van der Waals surface area contributed by atoms with Gasteiger partial charge in [0.15, 0.2) is 0 Å². The molecule has 0 saturated carbocycles. The third-order valence-electron chi connectivity index (χ3n) is 3.31. The Morgan fingerprint density at radius 3 is 2.67 bits per heavy atom. The summed E-state index contributed by atoms with van der Waals surface area (Å²) in [5.41, 5.74) is -1.32. The lowest BCUT2D eigenvalue weighted by Gasteiger charge is -2.40. The third kappa shape index (κ3) is 3.21. The number of carboxylic acids is 1. The van der Waals surface area contributed by atoms with Gasteiger partial charge in [0.1, 0.15) is 5.54 Å². The van der Waals surface area contributed by atoms with E-state index in [2.05, 4.69) is 0 Å². The predicted molar refractivity (Wildman–Crippen MR) is 66.9 cm³/mol. The summed E-state index contributed by atoms with van der Waals surface area (Å²) >= 11 is 0. The number of hydrogen-bond donors (Lipinski definition) is 1. The molecule has 1 rings (SSSR count). The first-order valence-electron chi connectivity index (χ1n) is 6.16. The van der Waals surface area contributed by atoms with Gasteiger partial charge in [0.2, 0.25) is 10.0 Å². The van der Waals surface area contributed by atoms with E-state index in [1.807, 2.05) is 0 Å². The zero-order valence-corrected chi connectivity index (χ0v) is 11.7. The van der Waals surface area contributed by atoms with Gasteiger partial charge in [0, 0.05) is 13.2 Å². The average molecular weight is 279 g/mol. The second-order valence-corrected chi connectivity index (χ2v) is 6.63. The maximum absolute atomic E-state index is 12.2. The van der Waals surface area contributed by atoms with E-state index >= 15 is 0 Å². The minimum Gasteiger partial charge on any atom is -0.480 e. The van der Waals surface area contributed by atoms with Crippen LogP contribution in [0.25, 0.3) is 0 Å². The molecule has 1 aliphatic heterocycles. The molecule has 0 aromatic heterocycles. The summed E-state index contributed by atoms with van der Waals surface area (Å²) in [7, 11) is -3.58. The number of sulfonamides is 1. The number of rotatable bonds is 6. The smallest absolute Gasteiger partial charge is 0.324 e. The van der Waals surface area contributed by atoms with E-state index in [1.165, 1.54) is 6.92 Å². The number of carbonyl (C=O) groups is 1. The van der Waals surface area contributed by atoms with E-state index in [0.29, 0.717) is 19.4 Å². The zero-order valence-electron chi connectivity index (χ0n) is 10.9. The molecule has 6 nitrogen and oxygen atoms in total. The van der Waals surface area contributed by atoms with E-state index in [-0.39, 0.29) is 18.9 Å². The Hall–Kier alpha value is -0.660. The van der Waals surface area contributed by atoms with Gasteiger partial charge < -0.3 is 9.84 Å². The van der Waals surface area contributed by atoms with Gasteiger partial charge in [-0.3, -0.25) is 4.79 Å². The molecule has 0 aliphatic carbocycles. The van der Waals surface area contributed by atoms with E-state index in [9.17, 15) is 18.3 Å². The lowest BCUT2D eigenvalue weighted by molar-refractivity contribution is -0.149. The fraction of sp³-hybridized carbons (Fsp3) is 0.909. The zero-order chi connectivity index (χ0) is 13.8. The largest absolute Gasteiger partial charge is 0.480 e. The van der Waals surface area contributed by atoms with Gasteiger partial charge in [-0.25, -0.2) is 8.42 Å². The van der Waals surface area contributed by atoms with Crippen molar-refractivity contribution in [1.82, 2.24) is 4.31 Å². The first-order valence-corrected chi connectivity index (χ1v) is 7.77. The van der Waals surface area contributed by atoms with E-state index in [0.717, 1.165) is 10.7 Å². The summed E-state index contributed by atoms with van der Waals surface area (Å²) in [5, 5.41) is 9.27. The molecule has 0 aromatic rings. The van der Waals surface area contributed by atoms with Gasteiger partial charge in [0.25, 0.3) is 0 Å². The number of ether oxygens (including phenoxy) is 1. The molecular weight excluding hydrogens is 258 g/mol. The van der Waals surface area contributed by atoms with Crippen LogP contribution in [0.2, 0.25) is 0 Å². The fourth-order valence-corrected chi connectivity index (χ4v) is 3.91. The van der Waals surface area contributed by atoms with Crippen LogP contribution in [0.15, 0.2) is 0 Å². The Labute approximate surface area is 108 Å². The standard InChI is InChI=1S/C11H21NO5S/c1-3-17-8-9-18(15,16)12-7-5-4-6-11(12,2)10(13)14/h3-9H2,1-2H3,(H,13,14). The van der Waals surface area contributed by atoms with Crippen molar-refractivity contribution < 1.29 is 23.1 Å². The molecule has 1 N–H and O–H groups in total. The van der Waals surface area contributed by atoms with Crippen LogP contribution in [0, 0.1) is 0 Å². The van der Waals surface area contributed by atoms with Crippen molar-refractivity contribution in [2.75, 3.05) is 25.5 Å². The SMILES string of the molecule is CCOCCS(=O)(=O)N1CCCCC1(C)C(=O)O. The molecule has 0 spiro atoms. The maximum atomic E-state index is 12.2. The Morgan fingerprint density at radius 2 is 2.11 bits per heavy atom. The topological polar surface area (TPSA) is 83.9 Å². The number of nitrogens with zero attached hydrogens (tertiary/aromatic N) is 1. The highest BCUT2D eigenvalue weighted by atomic mass is 32.2. The van der Waals surface area contributed by atoms with Crippen molar-refractivity contribution >= 4 is 16.0 Å². The van der Waals surface area contributed by atoms with Crippen molar-refractivity contribution in [1.29, 1.82) is 0 Å². The summed E-state index contributed by atoms with van der Waals surface area (Å²) in [6, 6.07) is 0. The highest BCUT2D eigenvalue weighted by molar-refractivity contribution is 7.89. The first kappa shape index (κ1) is 15.4. The molecule has 1 heterocycles. The quantitative estimate of drug-likeness (QED) is 0.723. The van der Waals surface area contributed by atoms with Gasteiger partial charge in [-0.1, -0.05) is 0 Å². The minimum atomic E-state index is -3.58. The Morgan fingerprint density at radius 1 is 1.44 bits per heavy atom. The summed E-state index contributed by atoms with van der Waals surface area (Å²) < 4.78 is 30.5. The van der Waals surface area contributed by atoms with Crippen molar-refractivity contribution in [3.63, 3.8) is 0 Å². The highest BCUT2D eigenvalue weighted by Crippen LogP contribution is 2.30. The summed E-state index contributed by atoms with van der Waals surface area (Å²) in [6.45, 7) is 4.09. The highest BCUT2D eigenvalue weighted by Gasteiger charge is 2.46. The first-order chi connectivity index (χ1) is 8.34. The second kappa shape index (κ2) is 5.99. The Balaban J connectivity index is 2.86. The molecule has 0 amide bonds. The molecule has 1 unspecified atom stereocenters.